The van der Waals surface area contributed by atoms with Gasteiger partial charge >= 0.3 is 0 Å². The number of carbonyl (C=O) groups is 1. The Labute approximate surface area is 173 Å². The van der Waals surface area contributed by atoms with Crippen molar-refractivity contribution in [1.29, 1.82) is 0 Å². The van der Waals surface area contributed by atoms with E-state index in [1.807, 2.05) is 0 Å². The standard InChI is InChI=1S/C19H22N4O6S/c1-21-18(24)6-4-15(20-21)19(25)22-7-9-23(10-8-22)30(26,27)14-3-5-16-17(13-14)29-12-2-11-28-16/h3-6,13H,2,7-12H2,1H3. The number of rotatable bonds is 3. The van der Waals surface area contributed by atoms with Crippen molar-refractivity contribution in [1.82, 2.24) is 19.0 Å². The lowest BCUT2D eigenvalue weighted by atomic mass is 10.3. The Morgan fingerprint density at radius 2 is 1.70 bits per heavy atom. The number of amides is 1. The molecule has 0 radical (unpaired) electrons. The van der Waals surface area contributed by atoms with Crippen LogP contribution >= 0.6 is 0 Å². The number of sulfonamides is 1. The third-order valence-corrected chi connectivity index (χ3v) is 6.96. The Kier molecular flexibility index (Phi) is 5.48. The second-order valence-corrected chi connectivity index (χ2v) is 8.97. The maximum atomic E-state index is 13.1. The van der Waals surface area contributed by atoms with Gasteiger partial charge in [0, 0.05) is 51.8 Å². The van der Waals surface area contributed by atoms with Gasteiger partial charge in [0.15, 0.2) is 11.5 Å². The highest BCUT2D eigenvalue weighted by Crippen LogP contribution is 2.33. The molecule has 0 unspecified atom stereocenters. The number of ether oxygens (including phenoxy) is 2. The molecule has 160 valence electrons. The number of carbonyl (C=O) groups excluding carboxylic acids is 1. The van der Waals surface area contributed by atoms with Crippen LogP contribution in [0.1, 0.15) is 16.9 Å². The Hall–Kier alpha value is -2.92. The Balaban J connectivity index is 1.46. The van der Waals surface area contributed by atoms with Gasteiger partial charge in [-0.15, -0.1) is 0 Å². The molecule has 1 aromatic heterocycles. The molecule has 0 aliphatic carbocycles. The number of hydrogen-bond donors (Lipinski definition) is 0. The van der Waals surface area contributed by atoms with Crippen molar-refractivity contribution in [3.63, 3.8) is 0 Å². The average Bonchev–Trinajstić information content (AvgIpc) is 3.00. The van der Waals surface area contributed by atoms with Crippen LogP contribution in [0.5, 0.6) is 11.5 Å². The normalized spacial score (nSPS) is 17.4. The highest BCUT2D eigenvalue weighted by molar-refractivity contribution is 7.89. The summed E-state index contributed by atoms with van der Waals surface area (Å²) in [6, 6.07) is 7.27. The average molecular weight is 434 g/mol. The molecule has 2 aliphatic rings. The fraction of sp³-hybridized carbons (Fsp3) is 0.421. The molecule has 1 amide bonds. The molecule has 1 fully saturated rings. The smallest absolute Gasteiger partial charge is 0.274 e. The van der Waals surface area contributed by atoms with Crippen LogP contribution in [0.15, 0.2) is 40.0 Å². The van der Waals surface area contributed by atoms with E-state index >= 15 is 0 Å². The first-order valence-electron chi connectivity index (χ1n) is 9.60. The van der Waals surface area contributed by atoms with E-state index in [0.717, 1.165) is 11.1 Å². The zero-order chi connectivity index (χ0) is 21.3. The summed E-state index contributed by atoms with van der Waals surface area (Å²) in [6.07, 6.45) is 0.733. The highest BCUT2D eigenvalue weighted by atomic mass is 32.2. The Morgan fingerprint density at radius 1 is 1.00 bits per heavy atom. The monoisotopic (exact) mass is 434 g/mol. The molecule has 2 aliphatic heterocycles. The van der Waals surface area contributed by atoms with Crippen LogP contribution in [-0.4, -0.2) is 72.7 Å². The van der Waals surface area contributed by atoms with Crippen LogP contribution in [0.25, 0.3) is 0 Å². The molecule has 0 bridgehead atoms. The van der Waals surface area contributed by atoms with Crippen LogP contribution in [0.2, 0.25) is 0 Å². The fourth-order valence-corrected chi connectivity index (χ4v) is 4.80. The van der Waals surface area contributed by atoms with Crippen molar-refractivity contribution >= 4 is 15.9 Å². The van der Waals surface area contributed by atoms with Crippen LogP contribution in [0.3, 0.4) is 0 Å². The van der Waals surface area contributed by atoms with Crippen LogP contribution in [-0.2, 0) is 17.1 Å². The zero-order valence-electron chi connectivity index (χ0n) is 16.5. The number of aromatic nitrogens is 2. The molecule has 1 saturated heterocycles. The molecular weight excluding hydrogens is 412 g/mol. The predicted molar refractivity (Wildman–Crippen MR) is 106 cm³/mol. The quantitative estimate of drug-likeness (QED) is 0.673. The van der Waals surface area contributed by atoms with Gasteiger partial charge in [-0.05, 0) is 18.2 Å². The topological polar surface area (TPSA) is 111 Å². The van der Waals surface area contributed by atoms with Gasteiger partial charge in [0.05, 0.1) is 18.1 Å². The molecule has 0 atom stereocenters. The van der Waals surface area contributed by atoms with E-state index in [1.165, 1.54) is 40.5 Å². The lowest BCUT2D eigenvalue weighted by molar-refractivity contribution is 0.0689. The van der Waals surface area contributed by atoms with Crippen molar-refractivity contribution in [3.05, 3.63) is 46.4 Å². The third kappa shape index (κ3) is 3.90. The van der Waals surface area contributed by atoms with Crippen molar-refractivity contribution in [2.24, 2.45) is 7.05 Å². The molecule has 2 aromatic rings. The minimum atomic E-state index is -3.73. The molecule has 0 saturated carbocycles. The molecule has 3 heterocycles. The first kappa shape index (κ1) is 20.4. The molecule has 30 heavy (non-hydrogen) atoms. The minimum absolute atomic E-state index is 0.131. The number of benzene rings is 1. The van der Waals surface area contributed by atoms with E-state index in [4.69, 9.17) is 9.47 Å². The van der Waals surface area contributed by atoms with Crippen LogP contribution in [0.4, 0.5) is 0 Å². The molecule has 0 N–H and O–H groups in total. The van der Waals surface area contributed by atoms with Crippen molar-refractivity contribution < 1.29 is 22.7 Å². The summed E-state index contributed by atoms with van der Waals surface area (Å²) in [5.41, 5.74) is -0.158. The molecule has 1 aromatic carbocycles. The van der Waals surface area contributed by atoms with Gasteiger partial charge in [-0.2, -0.15) is 9.40 Å². The molecule has 0 spiro atoms. The largest absolute Gasteiger partial charge is 0.490 e. The highest BCUT2D eigenvalue weighted by Gasteiger charge is 2.31. The van der Waals surface area contributed by atoms with Gasteiger partial charge in [-0.25, -0.2) is 13.1 Å². The molecular formula is C19H22N4O6S. The predicted octanol–water partition coefficient (Wildman–Crippen LogP) is 0.0883. The van der Waals surface area contributed by atoms with Gasteiger partial charge in [0.1, 0.15) is 5.69 Å². The van der Waals surface area contributed by atoms with Gasteiger partial charge in [-0.1, -0.05) is 0 Å². The van der Waals surface area contributed by atoms with Gasteiger partial charge in [0.2, 0.25) is 10.0 Å². The lowest BCUT2D eigenvalue weighted by Crippen LogP contribution is -2.50. The van der Waals surface area contributed by atoms with E-state index in [1.54, 1.807) is 6.07 Å². The summed E-state index contributed by atoms with van der Waals surface area (Å²) in [7, 11) is -2.26. The number of aryl methyl sites for hydroxylation is 1. The lowest BCUT2D eigenvalue weighted by Gasteiger charge is -2.33. The second kappa shape index (κ2) is 8.07. The van der Waals surface area contributed by atoms with E-state index < -0.39 is 10.0 Å². The van der Waals surface area contributed by atoms with E-state index in [9.17, 15) is 18.0 Å². The maximum Gasteiger partial charge on any atom is 0.274 e. The number of piperazine rings is 1. The molecule has 4 rings (SSSR count). The number of hydrogen-bond acceptors (Lipinski definition) is 7. The first-order chi connectivity index (χ1) is 14.4. The van der Waals surface area contributed by atoms with E-state index in [-0.39, 0.29) is 48.2 Å². The summed E-state index contributed by atoms with van der Waals surface area (Å²) in [5.74, 6) is 0.619. The SMILES string of the molecule is Cn1nc(C(=O)N2CCN(S(=O)(=O)c3ccc4c(c3)OCCCO4)CC2)ccc1=O. The number of fused-ring (bicyclic) bond motifs is 1. The summed E-state index contributed by atoms with van der Waals surface area (Å²) in [4.78, 5) is 25.7. The van der Waals surface area contributed by atoms with Crippen molar-refractivity contribution in [2.45, 2.75) is 11.3 Å². The van der Waals surface area contributed by atoms with Crippen molar-refractivity contribution in [3.8, 4) is 11.5 Å². The maximum absolute atomic E-state index is 13.1. The molecule has 10 nitrogen and oxygen atoms in total. The number of nitrogens with zero attached hydrogens (tertiary/aromatic N) is 4. The minimum Gasteiger partial charge on any atom is -0.490 e. The van der Waals surface area contributed by atoms with Gasteiger partial charge in [-0.3, -0.25) is 9.59 Å². The van der Waals surface area contributed by atoms with Gasteiger partial charge in [0.25, 0.3) is 11.5 Å². The Bertz CT molecular complexity index is 1120. The van der Waals surface area contributed by atoms with Crippen LogP contribution < -0.4 is 15.0 Å². The van der Waals surface area contributed by atoms with E-state index in [0.29, 0.717) is 24.7 Å². The van der Waals surface area contributed by atoms with E-state index in [2.05, 4.69) is 5.10 Å². The second-order valence-electron chi connectivity index (χ2n) is 7.04. The summed E-state index contributed by atoms with van der Waals surface area (Å²) in [5, 5.41) is 3.97. The van der Waals surface area contributed by atoms with Gasteiger partial charge < -0.3 is 14.4 Å². The van der Waals surface area contributed by atoms with Crippen LogP contribution in [0, 0.1) is 0 Å². The Morgan fingerprint density at radius 3 is 2.40 bits per heavy atom. The summed E-state index contributed by atoms with van der Waals surface area (Å²) >= 11 is 0. The fourth-order valence-electron chi connectivity index (χ4n) is 3.36. The molecule has 11 heteroatoms. The summed E-state index contributed by atoms with van der Waals surface area (Å²) in [6.45, 7) is 1.78. The van der Waals surface area contributed by atoms with Crippen molar-refractivity contribution in [2.75, 3.05) is 39.4 Å². The zero-order valence-corrected chi connectivity index (χ0v) is 17.3. The first-order valence-corrected chi connectivity index (χ1v) is 11.0. The summed E-state index contributed by atoms with van der Waals surface area (Å²) < 4.78 is 39.7. The third-order valence-electron chi connectivity index (χ3n) is 5.06.